The smallest absolute Gasteiger partial charge is 0.252 e. The van der Waals surface area contributed by atoms with Crippen molar-refractivity contribution in [1.82, 2.24) is 10.2 Å². The summed E-state index contributed by atoms with van der Waals surface area (Å²) >= 11 is 0. The number of amides is 1. The maximum absolute atomic E-state index is 13.1. The standard InChI is InChI=1S/C24H30N2O2/c1-4-13-26-14-11-20(12-15-26)25-24(28)22-8-6-5-7-21(22)23(27)19-10-9-17(2)18(3)16-19/h5-10,16,20H,4,11-15H2,1-3H3,(H,25,28). The molecule has 3 rings (SSSR count). The van der Waals surface area contributed by atoms with Gasteiger partial charge in [-0.2, -0.15) is 0 Å². The van der Waals surface area contributed by atoms with Gasteiger partial charge in [-0.15, -0.1) is 0 Å². The second-order valence-electron chi connectivity index (χ2n) is 7.76. The monoisotopic (exact) mass is 378 g/mol. The van der Waals surface area contributed by atoms with Crippen LogP contribution in [0.3, 0.4) is 0 Å². The molecule has 1 fully saturated rings. The quantitative estimate of drug-likeness (QED) is 0.769. The Labute approximate surface area is 167 Å². The minimum absolute atomic E-state index is 0.105. The van der Waals surface area contributed by atoms with Crippen LogP contribution in [0.5, 0.6) is 0 Å². The first-order valence-electron chi connectivity index (χ1n) is 10.2. The molecule has 1 saturated heterocycles. The number of aryl methyl sites for hydroxylation is 2. The van der Waals surface area contributed by atoms with Crippen LogP contribution in [-0.2, 0) is 0 Å². The molecule has 4 heteroatoms. The minimum Gasteiger partial charge on any atom is -0.349 e. The number of hydrogen-bond donors (Lipinski definition) is 1. The van der Waals surface area contributed by atoms with E-state index in [1.807, 2.05) is 44.2 Å². The Morgan fingerprint density at radius 2 is 1.68 bits per heavy atom. The van der Waals surface area contributed by atoms with E-state index in [1.54, 1.807) is 12.1 Å². The van der Waals surface area contributed by atoms with Crippen LogP contribution in [0.25, 0.3) is 0 Å². The normalized spacial score (nSPS) is 15.4. The molecule has 1 aliphatic heterocycles. The summed E-state index contributed by atoms with van der Waals surface area (Å²) in [6.45, 7) is 9.36. The highest BCUT2D eigenvalue weighted by Crippen LogP contribution is 2.18. The third kappa shape index (κ3) is 4.68. The molecule has 0 radical (unpaired) electrons. The van der Waals surface area contributed by atoms with E-state index in [-0.39, 0.29) is 17.7 Å². The lowest BCUT2D eigenvalue weighted by atomic mass is 9.95. The van der Waals surface area contributed by atoms with Crippen molar-refractivity contribution < 1.29 is 9.59 Å². The predicted molar refractivity (Wildman–Crippen MR) is 113 cm³/mol. The minimum atomic E-state index is -0.151. The van der Waals surface area contributed by atoms with Crippen molar-refractivity contribution in [2.75, 3.05) is 19.6 Å². The second-order valence-corrected chi connectivity index (χ2v) is 7.76. The Bertz CT molecular complexity index is 851. The first-order chi connectivity index (χ1) is 13.5. The van der Waals surface area contributed by atoms with Crippen LogP contribution in [0.4, 0.5) is 0 Å². The molecule has 0 bridgehead atoms. The highest BCUT2D eigenvalue weighted by molar-refractivity contribution is 6.15. The summed E-state index contributed by atoms with van der Waals surface area (Å²) < 4.78 is 0. The van der Waals surface area contributed by atoms with Gasteiger partial charge in [-0.1, -0.05) is 37.3 Å². The number of hydrogen-bond acceptors (Lipinski definition) is 3. The molecule has 0 aliphatic carbocycles. The lowest BCUT2D eigenvalue weighted by Gasteiger charge is -2.32. The van der Waals surface area contributed by atoms with Crippen molar-refractivity contribution in [1.29, 1.82) is 0 Å². The van der Waals surface area contributed by atoms with Crippen LogP contribution >= 0.6 is 0 Å². The van der Waals surface area contributed by atoms with Crippen LogP contribution in [0.15, 0.2) is 42.5 Å². The van der Waals surface area contributed by atoms with Crippen molar-refractivity contribution in [2.45, 2.75) is 46.1 Å². The zero-order valence-electron chi connectivity index (χ0n) is 17.1. The first-order valence-corrected chi connectivity index (χ1v) is 10.2. The molecule has 0 atom stereocenters. The number of carbonyl (C=O) groups is 2. The summed E-state index contributed by atoms with van der Waals surface area (Å²) in [5.41, 5.74) is 3.77. The van der Waals surface area contributed by atoms with Gasteiger partial charge in [0.1, 0.15) is 0 Å². The van der Waals surface area contributed by atoms with E-state index in [0.717, 1.165) is 50.0 Å². The van der Waals surface area contributed by atoms with E-state index in [1.165, 1.54) is 0 Å². The van der Waals surface area contributed by atoms with Gasteiger partial charge < -0.3 is 10.2 Å². The van der Waals surface area contributed by atoms with Gasteiger partial charge >= 0.3 is 0 Å². The molecule has 4 nitrogen and oxygen atoms in total. The fourth-order valence-electron chi connectivity index (χ4n) is 3.80. The Balaban J connectivity index is 1.73. The van der Waals surface area contributed by atoms with Crippen molar-refractivity contribution in [2.24, 2.45) is 0 Å². The maximum Gasteiger partial charge on any atom is 0.252 e. The number of carbonyl (C=O) groups excluding carboxylic acids is 2. The molecule has 0 saturated carbocycles. The molecule has 148 valence electrons. The second kappa shape index (κ2) is 9.16. The van der Waals surface area contributed by atoms with Crippen LogP contribution in [0.1, 0.15) is 63.6 Å². The predicted octanol–water partition coefficient (Wildman–Crippen LogP) is 4.14. The lowest BCUT2D eigenvalue weighted by molar-refractivity contribution is 0.0903. The fraction of sp³-hybridized carbons (Fsp3) is 0.417. The highest BCUT2D eigenvalue weighted by Gasteiger charge is 2.23. The average molecular weight is 379 g/mol. The van der Waals surface area contributed by atoms with Gasteiger partial charge in [-0.25, -0.2) is 0 Å². The Morgan fingerprint density at radius 3 is 2.32 bits per heavy atom. The van der Waals surface area contributed by atoms with Gasteiger partial charge in [-0.3, -0.25) is 9.59 Å². The van der Waals surface area contributed by atoms with Gasteiger partial charge in [-0.05, 0) is 62.9 Å². The van der Waals surface area contributed by atoms with Gasteiger partial charge in [0.2, 0.25) is 0 Å². The fourth-order valence-corrected chi connectivity index (χ4v) is 3.80. The SMILES string of the molecule is CCCN1CCC(NC(=O)c2ccccc2C(=O)c2ccc(C)c(C)c2)CC1. The van der Waals surface area contributed by atoms with Gasteiger partial charge in [0.15, 0.2) is 5.78 Å². The van der Waals surface area contributed by atoms with Crippen molar-refractivity contribution in [3.63, 3.8) is 0 Å². The van der Waals surface area contributed by atoms with Crippen LogP contribution in [0, 0.1) is 13.8 Å². The number of likely N-dealkylation sites (tertiary alicyclic amines) is 1. The molecule has 1 heterocycles. The Hall–Kier alpha value is -2.46. The van der Waals surface area contributed by atoms with Crippen molar-refractivity contribution in [3.05, 3.63) is 70.3 Å². The van der Waals surface area contributed by atoms with E-state index >= 15 is 0 Å². The van der Waals surface area contributed by atoms with Crippen LogP contribution in [-0.4, -0.2) is 42.3 Å². The zero-order chi connectivity index (χ0) is 20.1. The summed E-state index contributed by atoms with van der Waals surface area (Å²) in [6.07, 6.45) is 3.07. The number of rotatable bonds is 6. The maximum atomic E-state index is 13.1. The van der Waals surface area contributed by atoms with E-state index in [0.29, 0.717) is 16.7 Å². The van der Waals surface area contributed by atoms with Crippen molar-refractivity contribution >= 4 is 11.7 Å². The molecular formula is C24H30N2O2. The molecular weight excluding hydrogens is 348 g/mol. The highest BCUT2D eigenvalue weighted by atomic mass is 16.2. The van der Waals surface area contributed by atoms with Crippen LogP contribution < -0.4 is 5.32 Å². The third-order valence-electron chi connectivity index (χ3n) is 5.65. The van der Waals surface area contributed by atoms with Gasteiger partial charge in [0, 0.05) is 30.3 Å². The topological polar surface area (TPSA) is 49.4 Å². The van der Waals surface area contributed by atoms with E-state index < -0.39 is 0 Å². The molecule has 1 aliphatic rings. The number of nitrogens with zero attached hydrogens (tertiary/aromatic N) is 1. The summed E-state index contributed by atoms with van der Waals surface area (Å²) in [7, 11) is 0. The van der Waals surface area contributed by atoms with E-state index in [2.05, 4.69) is 17.1 Å². The number of piperidine rings is 1. The van der Waals surface area contributed by atoms with Gasteiger partial charge in [0.25, 0.3) is 5.91 Å². The molecule has 1 N–H and O–H groups in total. The lowest BCUT2D eigenvalue weighted by Crippen LogP contribution is -2.45. The molecule has 28 heavy (non-hydrogen) atoms. The van der Waals surface area contributed by atoms with E-state index in [4.69, 9.17) is 0 Å². The Kier molecular flexibility index (Phi) is 6.63. The molecule has 2 aromatic carbocycles. The van der Waals surface area contributed by atoms with E-state index in [9.17, 15) is 9.59 Å². The molecule has 2 aromatic rings. The summed E-state index contributed by atoms with van der Waals surface area (Å²) in [5, 5.41) is 3.15. The molecule has 0 unspecified atom stereocenters. The summed E-state index contributed by atoms with van der Waals surface area (Å²) in [5.74, 6) is -0.256. The van der Waals surface area contributed by atoms with Crippen molar-refractivity contribution in [3.8, 4) is 0 Å². The van der Waals surface area contributed by atoms with Crippen LogP contribution in [0.2, 0.25) is 0 Å². The number of nitrogens with one attached hydrogen (secondary N) is 1. The number of ketones is 1. The summed E-state index contributed by atoms with van der Waals surface area (Å²) in [4.78, 5) is 28.4. The first kappa shape index (κ1) is 20.3. The van der Waals surface area contributed by atoms with Gasteiger partial charge in [0.05, 0.1) is 5.56 Å². The molecule has 0 aromatic heterocycles. The number of benzene rings is 2. The Morgan fingerprint density at radius 1 is 1.00 bits per heavy atom. The third-order valence-corrected chi connectivity index (χ3v) is 5.65. The summed E-state index contributed by atoms with van der Waals surface area (Å²) in [6, 6.07) is 13.0. The molecule has 0 spiro atoms. The largest absolute Gasteiger partial charge is 0.349 e. The zero-order valence-corrected chi connectivity index (χ0v) is 17.1. The average Bonchev–Trinajstić information content (AvgIpc) is 2.71. The molecule has 1 amide bonds.